The molecule has 0 amide bonds. The Bertz CT molecular complexity index is 376. The van der Waals surface area contributed by atoms with Crippen LogP contribution in [0.4, 0.5) is 0 Å². The van der Waals surface area contributed by atoms with Gasteiger partial charge in [0.05, 0.1) is 11.5 Å². The van der Waals surface area contributed by atoms with E-state index in [0.717, 1.165) is 36.5 Å². The van der Waals surface area contributed by atoms with Crippen LogP contribution in [-0.4, -0.2) is 22.7 Å². The van der Waals surface area contributed by atoms with Crippen molar-refractivity contribution in [2.45, 2.75) is 51.0 Å². The molecule has 0 bridgehead atoms. The summed E-state index contributed by atoms with van der Waals surface area (Å²) < 4.78 is 5.69. The molecule has 17 heavy (non-hydrogen) atoms. The fourth-order valence-corrected chi connectivity index (χ4v) is 2.40. The number of alkyl halides is 1. The molecule has 1 aliphatic rings. The summed E-state index contributed by atoms with van der Waals surface area (Å²) in [5.41, 5.74) is 1.99. The van der Waals surface area contributed by atoms with Gasteiger partial charge in [0.2, 0.25) is 0 Å². The largest absolute Gasteiger partial charge is 0.378 e. The van der Waals surface area contributed by atoms with E-state index in [0.29, 0.717) is 6.10 Å². The molecule has 0 radical (unpaired) electrons. The summed E-state index contributed by atoms with van der Waals surface area (Å²) in [6.45, 7) is 4.80. The molecule has 0 spiro atoms. The maximum atomic E-state index is 6.05. The molecule has 2 atom stereocenters. The van der Waals surface area contributed by atoms with Gasteiger partial charge in [0.15, 0.2) is 0 Å². The van der Waals surface area contributed by atoms with Gasteiger partial charge in [0.25, 0.3) is 0 Å². The average molecular weight is 255 g/mol. The van der Waals surface area contributed by atoms with Crippen molar-refractivity contribution in [2.75, 3.05) is 6.61 Å². The van der Waals surface area contributed by atoms with E-state index in [9.17, 15) is 0 Å². The van der Waals surface area contributed by atoms with Gasteiger partial charge in [0.1, 0.15) is 5.82 Å². The molecule has 0 aliphatic carbocycles. The Morgan fingerprint density at radius 3 is 2.94 bits per heavy atom. The maximum Gasteiger partial charge on any atom is 0.131 e. The second-order valence-corrected chi connectivity index (χ2v) is 5.29. The zero-order valence-corrected chi connectivity index (χ0v) is 11.2. The summed E-state index contributed by atoms with van der Waals surface area (Å²) in [6, 6.07) is 0. The Kier molecular flexibility index (Phi) is 4.35. The van der Waals surface area contributed by atoms with E-state index in [4.69, 9.17) is 16.3 Å². The Labute approximate surface area is 108 Å². The fourth-order valence-electron chi connectivity index (χ4n) is 2.19. The van der Waals surface area contributed by atoms with Gasteiger partial charge in [-0.1, -0.05) is 0 Å². The van der Waals surface area contributed by atoms with E-state index in [1.165, 1.54) is 12.8 Å². The Balaban J connectivity index is 2.04. The fraction of sp³-hybridized carbons (Fsp3) is 0.692. The van der Waals surface area contributed by atoms with E-state index in [1.54, 1.807) is 0 Å². The van der Waals surface area contributed by atoms with Crippen molar-refractivity contribution in [1.82, 2.24) is 9.97 Å². The van der Waals surface area contributed by atoms with Gasteiger partial charge in [-0.2, -0.15) is 0 Å². The van der Waals surface area contributed by atoms with Crippen LogP contribution in [0.15, 0.2) is 6.20 Å². The Morgan fingerprint density at radius 2 is 2.35 bits per heavy atom. The number of ether oxygens (including phenoxy) is 1. The van der Waals surface area contributed by atoms with Gasteiger partial charge >= 0.3 is 0 Å². The molecule has 1 fully saturated rings. The number of nitrogens with zero attached hydrogens (tertiary/aromatic N) is 2. The first-order valence-electron chi connectivity index (χ1n) is 6.25. The van der Waals surface area contributed by atoms with Crippen molar-refractivity contribution in [2.24, 2.45) is 0 Å². The summed E-state index contributed by atoms with van der Waals surface area (Å²) in [7, 11) is 0. The summed E-state index contributed by atoms with van der Waals surface area (Å²) >= 11 is 6.05. The van der Waals surface area contributed by atoms with Crippen molar-refractivity contribution >= 4 is 11.6 Å². The van der Waals surface area contributed by atoms with Gasteiger partial charge in [-0.15, -0.1) is 11.6 Å². The lowest BCUT2D eigenvalue weighted by Crippen LogP contribution is -2.22. The van der Waals surface area contributed by atoms with Crippen molar-refractivity contribution < 1.29 is 4.74 Å². The standard InChI is InChI=1S/C13H19ClN2O/c1-9(14)12-8-15-13(16-10(12)2)7-11-5-3-4-6-17-11/h8-9,11H,3-7H2,1-2H3. The van der Waals surface area contributed by atoms with Gasteiger partial charge in [-0.25, -0.2) is 9.97 Å². The molecule has 2 rings (SSSR count). The van der Waals surface area contributed by atoms with Crippen LogP contribution in [0.25, 0.3) is 0 Å². The van der Waals surface area contributed by atoms with Crippen LogP contribution in [0, 0.1) is 6.92 Å². The number of rotatable bonds is 3. The molecule has 2 heterocycles. The molecule has 0 N–H and O–H groups in total. The molecule has 3 nitrogen and oxygen atoms in total. The number of halogens is 1. The highest BCUT2D eigenvalue weighted by Gasteiger charge is 2.16. The van der Waals surface area contributed by atoms with E-state index >= 15 is 0 Å². The number of hydrogen-bond donors (Lipinski definition) is 0. The zero-order valence-electron chi connectivity index (χ0n) is 10.4. The Morgan fingerprint density at radius 1 is 1.53 bits per heavy atom. The minimum Gasteiger partial charge on any atom is -0.378 e. The summed E-state index contributed by atoms with van der Waals surface area (Å²) in [6.07, 6.45) is 6.51. The minimum absolute atomic E-state index is 0.0324. The van der Waals surface area contributed by atoms with E-state index in [1.807, 2.05) is 20.0 Å². The van der Waals surface area contributed by atoms with Crippen LogP contribution >= 0.6 is 11.6 Å². The van der Waals surface area contributed by atoms with Crippen LogP contribution in [-0.2, 0) is 11.2 Å². The molecule has 4 heteroatoms. The van der Waals surface area contributed by atoms with Crippen molar-refractivity contribution in [1.29, 1.82) is 0 Å². The monoisotopic (exact) mass is 254 g/mol. The first kappa shape index (κ1) is 12.8. The van der Waals surface area contributed by atoms with Gasteiger partial charge < -0.3 is 4.74 Å². The molecule has 1 aliphatic heterocycles. The zero-order chi connectivity index (χ0) is 12.3. The first-order valence-corrected chi connectivity index (χ1v) is 6.68. The van der Waals surface area contributed by atoms with Crippen LogP contribution in [0.1, 0.15) is 48.6 Å². The summed E-state index contributed by atoms with van der Waals surface area (Å²) in [5.74, 6) is 0.871. The van der Waals surface area contributed by atoms with E-state index < -0.39 is 0 Å². The molecule has 0 saturated carbocycles. The lowest BCUT2D eigenvalue weighted by molar-refractivity contribution is 0.0156. The third-order valence-corrected chi connectivity index (χ3v) is 3.42. The van der Waals surface area contributed by atoms with Gasteiger partial charge in [-0.05, 0) is 33.1 Å². The van der Waals surface area contributed by atoms with Crippen LogP contribution in [0.2, 0.25) is 0 Å². The van der Waals surface area contributed by atoms with E-state index in [-0.39, 0.29) is 5.38 Å². The third-order valence-electron chi connectivity index (χ3n) is 3.18. The summed E-state index contributed by atoms with van der Waals surface area (Å²) in [4.78, 5) is 8.89. The molecule has 1 saturated heterocycles. The molecule has 1 aromatic rings. The van der Waals surface area contributed by atoms with Gasteiger partial charge in [-0.3, -0.25) is 0 Å². The number of aryl methyl sites for hydroxylation is 1. The molecule has 2 unspecified atom stereocenters. The molecule has 94 valence electrons. The van der Waals surface area contributed by atoms with Crippen molar-refractivity contribution in [3.05, 3.63) is 23.3 Å². The maximum absolute atomic E-state index is 6.05. The number of hydrogen-bond acceptors (Lipinski definition) is 3. The number of aromatic nitrogens is 2. The van der Waals surface area contributed by atoms with Gasteiger partial charge in [0, 0.05) is 30.5 Å². The highest BCUT2D eigenvalue weighted by molar-refractivity contribution is 6.20. The highest BCUT2D eigenvalue weighted by atomic mass is 35.5. The molecule has 1 aromatic heterocycles. The summed E-state index contributed by atoms with van der Waals surface area (Å²) in [5, 5.41) is -0.0324. The van der Waals surface area contributed by atoms with Crippen LogP contribution in [0.3, 0.4) is 0 Å². The highest BCUT2D eigenvalue weighted by Crippen LogP contribution is 2.22. The third kappa shape index (κ3) is 3.39. The normalized spacial score (nSPS) is 22.4. The van der Waals surface area contributed by atoms with E-state index in [2.05, 4.69) is 9.97 Å². The molecule has 0 aromatic carbocycles. The predicted molar refractivity (Wildman–Crippen MR) is 68.3 cm³/mol. The predicted octanol–water partition coefficient (Wildman–Crippen LogP) is 3.20. The second kappa shape index (κ2) is 5.78. The Hall–Kier alpha value is -0.670. The van der Waals surface area contributed by atoms with Crippen molar-refractivity contribution in [3.8, 4) is 0 Å². The second-order valence-electron chi connectivity index (χ2n) is 4.64. The van der Waals surface area contributed by atoms with Crippen molar-refractivity contribution in [3.63, 3.8) is 0 Å². The lowest BCUT2D eigenvalue weighted by Gasteiger charge is -2.22. The van der Waals surface area contributed by atoms with Crippen LogP contribution < -0.4 is 0 Å². The smallest absolute Gasteiger partial charge is 0.131 e. The SMILES string of the molecule is Cc1nc(CC2CCCCO2)ncc1C(C)Cl. The topological polar surface area (TPSA) is 35.0 Å². The minimum atomic E-state index is -0.0324. The lowest BCUT2D eigenvalue weighted by atomic mass is 10.1. The quantitative estimate of drug-likeness (QED) is 0.777. The first-order chi connectivity index (χ1) is 8.16. The van der Waals surface area contributed by atoms with Crippen LogP contribution in [0.5, 0.6) is 0 Å². The average Bonchev–Trinajstić information content (AvgIpc) is 2.30. The molecular weight excluding hydrogens is 236 g/mol. The molecular formula is C13H19ClN2O.